The van der Waals surface area contributed by atoms with E-state index in [1.807, 2.05) is 17.9 Å². The first kappa shape index (κ1) is 11.6. The molecule has 0 aromatic carbocycles. The minimum absolute atomic E-state index is 0.744. The predicted molar refractivity (Wildman–Crippen MR) is 65.4 cm³/mol. The average molecular weight is 222 g/mol. The molecule has 4 nitrogen and oxygen atoms in total. The normalized spacial score (nSPS) is 21.8. The Morgan fingerprint density at radius 3 is 3.00 bits per heavy atom. The summed E-state index contributed by atoms with van der Waals surface area (Å²) in [5.41, 5.74) is 1.31. The molecule has 1 aliphatic heterocycles. The maximum absolute atomic E-state index is 4.17. The fraction of sp³-hybridized carbons (Fsp3) is 0.750. The summed E-state index contributed by atoms with van der Waals surface area (Å²) in [7, 11) is 4.19. The van der Waals surface area contributed by atoms with Gasteiger partial charge in [-0.3, -0.25) is 4.68 Å². The first-order chi connectivity index (χ1) is 7.75. The van der Waals surface area contributed by atoms with Crippen molar-refractivity contribution in [3.8, 4) is 0 Å². The molecule has 1 atom stereocenters. The van der Waals surface area contributed by atoms with Crippen LogP contribution in [0.15, 0.2) is 12.4 Å². The van der Waals surface area contributed by atoms with E-state index in [-0.39, 0.29) is 0 Å². The first-order valence-electron chi connectivity index (χ1n) is 6.14. The van der Waals surface area contributed by atoms with E-state index >= 15 is 0 Å². The summed E-state index contributed by atoms with van der Waals surface area (Å²) in [4.78, 5) is 2.46. The molecule has 1 aromatic heterocycles. The number of aryl methyl sites for hydroxylation is 1. The molecule has 1 aliphatic rings. The van der Waals surface area contributed by atoms with Gasteiger partial charge >= 0.3 is 0 Å². The molecule has 1 N–H and O–H groups in total. The van der Waals surface area contributed by atoms with Gasteiger partial charge < -0.3 is 10.2 Å². The van der Waals surface area contributed by atoms with Crippen molar-refractivity contribution in [1.82, 2.24) is 20.0 Å². The molecule has 0 saturated carbocycles. The molecule has 2 heterocycles. The zero-order valence-electron chi connectivity index (χ0n) is 10.3. The molecule has 0 radical (unpaired) electrons. The zero-order chi connectivity index (χ0) is 11.4. The van der Waals surface area contributed by atoms with Crippen molar-refractivity contribution in [2.45, 2.75) is 25.3 Å². The lowest BCUT2D eigenvalue weighted by Crippen LogP contribution is -2.36. The molecule has 0 amide bonds. The molecule has 4 heteroatoms. The summed E-state index contributed by atoms with van der Waals surface area (Å²) in [6.45, 7) is 3.43. The molecule has 1 aromatic rings. The molecule has 0 bridgehead atoms. The van der Waals surface area contributed by atoms with Crippen molar-refractivity contribution in [2.24, 2.45) is 7.05 Å². The molecule has 0 spiro atoms. The summed E-state index contributed by atoms with van der Waals surface area (Å²) in [5.74, 6) is 0. The van der Waals surface area contributed by atoms with E-state index in [0.717, 1.165) is 25.6 Å². The average Bonchev–Trinajstić information content (AvgIpc) is 2.83. The SMILES string of the molecule is CN1CCCC1CNCCc1cnn(C)c1. The van der Waals surface area contributed by atoms with E-state index in [1.165, 1.54) is 24.9 Å². The Hall–Kier alpha value is -0.870. The highest BCUT2D eigenvalue weighted by Gasteiger charge is 2.19. The van der Waals surface area contributed by atoms with Crippen LogP contribution in [0.3, 0.4) is 0 Å². The van der Waals surface area contributed by atoms with Crippen molar-refractivity contribution in [2.75, 3.05) is 26.7 Å². The van der Waals surface area contributed by atoms with Crippen molar-refractivity contribution in [3.05, 3.63) is 18.0 Å². The van der Waals surface area contributed by atoms with Crippen LogP contribution in [0, 0.1) is 0 Å². The van der Waals surface area contributed by atoms with E-state index in [0.29, 0.717) is 0 Å². The Kier molecular flexibility index (Phi) is 3.96. The van der Waals surface area contributed by atoms with E-state index in [4.69, 9.17) is 0 Å². The third-order valence-electron chi connectivity index (χ3n) is 3.40. The van der Waals surface area contributed by atoms with Crippen LogP contribution in [0.5, 0.6) is 0 Å². The Balaban J connectivity index is 1.61. The minimum Gasteiger partial charge on any atom is -0.315 e. The van der Waals surface area contributed by atoms with Crippen LogP contribution < -0.4 is 5.32 Å². The maximum atomic E-state index is 4.17. The van der Waals surface area contributed by atoms with Crippen LogP contribution >= 0.6 is 0 Å². The molecule has 1 saturated heterocycles. The molecule has 1 unspecified atom stereocenters. The number of likely N-dealkylation sites (N-methyl/N-ethyl adjacent to an activating group) is 1. The molecular weight excluding hydrogens is 200 g/mol. The Bertz CT molecular complexity index is 321. The van der Waals surface area contributed by atoms with Gasteiger partial charge in [-0.25, -0.2) is 0 Å². The fourth-order valence-electron chi connectivity index (χ4n) is 2.34. The van der Waals surface area contributed by atoms with Crippen LogP contribution in [0.1, 0.15) is 18.4 Å². The number of rotatable bonds is 5. The van der Waals surface area contributed by atoms with Crippen LogP contribution in [0.4, 0.5) is 0 Å². The molecule has 2 rings (SSSR count). The van der Waals surface area contributed by atoms with Gasteiger partial charge in [0, 0.05) is 25.8 Å². The second-order valence-corrected chi connectivity index (χ2v) is 4.75. The van der Waals surface area contributed by atoms with E-state index < -0.39 is 0 Å². The lowest BCUT2D eigenvalue weighted by molar-refractivity contribution is 0.301. The molecular formula is C12H22N4. The summed E-state index contributed by atoms with van der Waals surface area (Å²) >= 11 is 0. The predicted octanol–water partition coefficient (Wildman–Crippen LogP) is 0.646. The van der Waals surface area contributed by atoms with Crippen LogP contribution in [0.2, 0.25) is 0 Å². The highest BCUT2D eigenvalue weighted by Crippen LogP contribution is 2.13. The van der Waals surface area contributed by atoms with Gasteiger partial charge in [-0.2, -0.15) is 5.10 Å². The van der Waals surface area contributed by atoms with Crippen molar-refractivity contribution >= 4 is 0 Å². The Morgan fingerprint density at radius 2 is 2.38 bits per heavy atom. The van der Waals surface area contributed by atoms with Gasteiger partial charge in [0.25, 0.3) is 0 Å². The van der Waals surface area contributed by atoms with E-state index in [1.54, 1.807) is 0 Å². The smallest absolute Gasteiger partial charge is 0.0522 e. The second kappa shape index (κ2) is 5.46. The molecule has 90 valence electrons. The quantitative estimate of drug-likeness (QED) is 0.743. The summed E-state index contributed by atoms with van der Waals surface area (Å²) < 4.78 is 1.86. The van der Waals surface area contributed by atoms with Gasteiger partial charge in [-0.05, 0) is 45.0 Å². The summed E-state index contributed by atoms with van der Waals surface area (Å²) in [6, 6.07) is 0.744. The monoisotopic (exact) mass is 222 g/mol. The Labute approximate surface area is 97.6 Å². The number of nitrogens with one attached hydrogen (secondary N) is 1. The number of hydrogen-bond acceptors (Lipinski definition) is 3. The van der Waals surface area contributed by atoms with Crippen molar-refractivity contribution in [3.63, 3.8) is 0 Å². The largest absolute Gasteiger partial charge is 0.315 e. The highest BCUT2D eigenvalue weighted by molar-refractivity contribution is 5.03. The second-order valence-electron chi connectivity index (χ2n) is 4.75. The van der Waals surface area contributed by atoms with E-state index in [9.17, 15) is 0 Å². The van der Waals surface area contributed by atoms with Crippen molar-refractivity contribution < 1.29 is 0 Å². The van der Waals surface area contributed by atoms with Crippen LogP contribution in [0.25, 0.3) is 0 Å². The van der Waals surface area contributed by atoms with Gasteiger partial charge in [0.1, 0.15) is 0 Å². The Morgan fingerprint density at radius 1 is 1.50 bits per heavy atom. The van der Waals surface area contributed by atoms with Gasteiger partial charge in [-0.1, -0.05) is 0 Å². The van der Waals surface area contributed by atoms with Gasteiger partial charge in [0.15, 0.2) is 0 Å². The summed E-state index contributed by atoms with van der Waals surface area (Å²) in [5, 5.41) is 7.70. The highest BCUT2D eigenvalue weighted by atomic mass is 15.2. The van der Waals surface area contributed by atoms with E-state index in [2.05, 4.69) is 28.6 Å². The van der Waals surface area contributed by atoms with Gasteiger partial charge in [0.05, 0.1) is 6.20 Å². The molecule has 1 fully saturated rings. The molecule has 0 aliphatic carbocycles. The fourth-order valence-corrected chi connectivity index (χ4v) is 2.34. The number of aromatic nitrogens is 2. The number of nitrogens with zero attached hydrogens (tertiary/aromatic N) is 3. The third-order valence-corrected chi connectivity index (χ3v) is 3.40. The lowest BCUT2D eigenvalue weighted by Gasteiger charge is -2.19. The third kappa shape index (κ3) is 3.06. The maximum Gasteiger partial charge on any atom is 0.0522 e. The first-order valence-corrected chi connectivity index (χ1v) is 6.14. The lowest BCUT2D eigenvalue weighted by atomic mass is 10.2. The minimum atomic E-state index is 0.744. The van der Waals surface area contributed by atoms with Crippen molar-refractivity contribution in [1.29, 1.82) is 0 Å². The standard InChI is InChI=1S/C12H22N4/c1-15-7-3-4-12(15)9-13-6-5-11-8-14-16(2)10-11/h8,10,12-13H,3-7,9H2,1-2H3. The molecule has 16 heavy (non-hydrogen) atoms. The van der Waals surface area contributed by atoms with Crippen LogP contribution in [-0.2, 0) is 13.5 Å². The number of likely N-dealkylation sites (tertiary alicyclic amines) is 1. The van der Waals surface area contributed by atoms with Gasteiger partial charge in [-0.15, -0.1) is 0 Å². The zero-order valence-corrected chi connectivity index (χ0v) is 10.3. The summed E-state index contributed by atoms with van der Waals surface area (Å²) in [6.07, 6.45) is 7.80. The topological polar surface area (TPSA) is 33.1 Å². The number of hydrogen-bond donors (Lipinski definition) is 1. The van der Waals surface area contributed by atoms with Crippen LogP contribution in [-0.4, -0.2) is 47.4 Å². The van der Waals surface area contributed by atoms with Gasteiger partial charge in [0.2, 0.25) is 0 Å².